The molecule has 0 amide bonds. The van der Waals surface area contributed by atoms with Crippen molar-refractivity contribution in [3.63, 3.8) is 0 Å². The van der Waals surface area contributed by atoms with Crippen molar-refractivity contribution in [3.8, 4) is 45.3 Å². The zero-order valence-corrected chi connectivity index (χ0v) is 17.9. The molecule has 0 unspecified atom stereocenters. The van der Waals surface area contributed by atoms with E-state index in [4.69, 9.17) is 19.4 Å². The molecule has 5 rings (SSSR count). The number of fused-ring (bicyclic) bond motifs is 1. The fourth-order valence-corrected chi connectivity index (χ4v) is 3.87. The first-order chi connectivity index (χ1) is 15.8. The molecule has 0 atom stereocenters. The molecule has 32 heavy (non-hydrogen) atoms. The fraction of sp³-hybridized carbons (Fsp3) is 0.0714. The van der Waals surface area contributed by atoms with Gasteiger partial charge in [0.25, 0.3) is 0 Å². The number of methoxy groups -OCH3 is 2. The predicted molar refractivity (Wildman–Crippen MR) is 129 cm³/mol. The van der Waals surface area contributed by atoms with Gasteiger partial charge in [0.05, 0.1) is 25.4 Å². The number of ether oxygens (including phenoxy) is 2. The Hall–Kier alpha value is -4.18. The van der Waals surface area contributed by atoms with E-state index in [1.54, 1.807) is 14.2 Å². The van der Waals surface area contributed by atoms with Gasteiger partial charge in [0.15, 0.2) is 5.82 Å². The van der Waals surface area contributed by atoms with Gasteiger partial charge in [-0.3, -0.25) is 0 Å². The Morgan fingerprint density at radius 3 is 2.00 bits per heavy atom. The molecule has 1 heterocycles. The van der Waals surface area contributed by atoms with Gasteiger partial charge < -0.3 is 9.47 Å². The SMILES string of the molecule is COc1ccc(-c2cc(OC)ccc2-c2nc(-c3ccccc3)c3ccccc3n2)cc1. The van der Waals surface area contributed by atoms with Crippen molar-refractivity contribution in [2.24, 2.45) is 0 Å². The van der Waals surface area contributed by atoms with E-state index in [-0.39, 0.29) is 0 Å². The van der Waals surface area contributed by atoms with Gasteiger partial charge in [-0.25, -0.2) is 9.97 Å². The van der Waals surface area contributed by atoms with Crippen LogP contribution in [0.25, 0.3) is 44.7 Å². The lowest BCUT2D eigenvalue weighted by atomic mass is 9.98. The first kappa shape index (κ1) is 19.8. The summed E-state index contributed by atoms with van der Waals surface area (Å²) in [6, 6.07) is 32.3. The van der Waals surface area contributed by atoms with Crippen molar-refractivity contribution < 1.29 is 9.47 Å². The monoisotopic (exact) mass is 418 g/mol. The van der Waals surface area contributed by atoms with Gasteiger partial charge in [0, 0.05) is 16.5 Å². The topological polar surface area (TPSA) is 44.2 Å². The Labute approximate surface area is 187 Å². The van der Waals surface area contributed by atoms with E-state index in [0.717, 1.165) is 50.3 Å². The van der Waals surface area contributed by atoms with Crippen LogP contribution in [0.3, 0.4) is 0 Å². The Kier molecular flexibility index (Phi) is 5.26. The summed E-state index contributed by atoms with van der Waals surface area (Å²) < 4.78 is 10.8. The van der Waals surface area contributed by atoms with E-state index in [2.05, 4.69) is 18.2 Å². The van der Waals surface area contributed by atoms with E-state index in [1.165, 1.54) is 0 Å². The minimum atomic E-state index is 0.677. The van der Waals surface area contributed by atoms with Crippen LogP contribution in [0, 0.1) is 0 Å². The average Bonchev–Trinajstić information content (AvgIpc) is 2.88. The third-order valence-corrected chi connectivity index (χ3v) is 5.52. The van der Waals surface area contributed by atoms with E-state index in [1.807, 2.05) is 78.9 Å². The maximum absolute atomic E-state index is 5.51. The highest BCUT2D eigenvalue weighted by Crippen LogP contribution is 2.36. The molecular formula is C28H22N2O2. The zero-order chi connectivity index (χ0) is 21.9. The van der Waals surface area contributed by atoms with Crippen molar-refractivity contribution in [2.45, 2.75) is 0 Å². The van der Waals surface area contributed by atoms with Crippen LogP contribution < -0.4 is 9.47 Å². The summed E-state index contributed by atoms with van der Waals surface area (Å²) in [5.41, 5.74) is 5.88. The number of benzene rings is 4. The minimum absolute atomic E-state index is 0.677. The molecule has 4 nitrogen and oxygen atoms in total. The summed E-state index contributed by atoms with van der Waals surface area (Å²) in [5.74, 6) is 2.27. The largest absolute Gasteiger partial charge is 0.497 e. The summed E-state index contributed by atoms with van der Waals surface area (Å²) >= 11 is 0. The van der Waals surface area contributed by atoms with Crippen LogP contribution in [0.15, 0.2) is 97.1 Å². The van der Waals surface area contributed by atoms with Gasteiger partial charge in [-0.2, -0.15) is 0 Å². The Balaban J connectivity index is 1.75. The summed E-state index contributed by atoms with van der Waals surface area (Å²) in [6.45, 7) is 0. The first-order valence-electron chi connectivity index (χ1n) is 10.4. The second kappa shape index (κ2) is 8.52. The number of rotatable bonds is 5. The quantitative estimate of drug-likeness (QED) is 0.321. The first-order valence-corrected chi connectivity index (χ1v) is 10.4. The lowest BCUT2D eigenvalue weighted by Crippen LogP contribution is -1.97. The number of hydrogen-bond donors (Lipinski definition) is 0. The van der Waals surface area contributed by atoms with E-state index in [0.29, 0.717) is 5.82 Å². The van der Waals surface area contributed by atoms with Crippen molar-refractivity contribution in [1.29, 1.82) is 0 Å². The van der Waals surface area contributed by atoms with Crippen LogP contribution in [0.5, 0.6) is 11.5 Å². The lowest BCUT2D eigenvalue weighted by Gasteiger charge is -2.14. The highest BCUT2D eigenvalue weighted by molar-refractivity contribution is 5.94. The lowest BCUT2D eigenvalue weighted by molar-refractivity contribution is 0.414. The highest BCUT2D eigenvalue weighted by atomic mass is 16.5. The van der Waals surface area contributed by atoms with Crippen LogP contribution in [-0.2, 0) is 0 Å². The normalized spacial score (nSPS) is 10.8. The third kappa shape index (κ3) is 3.67. The molecule has 0 N–H and O–H groups in total. The Morgan fingerprint density at radius 1 is 0.562 bits per heavy atom. The molecule has 0 aliphatic rings. The predicted octanol–water partition coefficient (Wildman–Crippen LogP) is 6.65. The van der Waals surface area contributed by atoms with Crippen molar-refractivity contribution in [2.75, 3.05) is 14.2 Å². The number of aromatic nitrogens is 2. The van der Waals surface area contributed by atoms with Crippen molar-refractivity contribution in [1.82, 2.24) is 9.97 Å². The molecule has 4 heteroatoms. The smallest absolute Gasteiger partial charge is 0.161 e. The zero-order valence-electron chi connectivity index (χ0n) is 17.9. The van der Waals surface area contributed by atoms with Gasteiger partial charge in [-0.1, -0.05) is 60.7 Å². The van der Waals surface area contributed by atoms with Crippen LogP contribution in [0.1, 0.15) is 0 Å². The summed E-state index contributed by atoms with van der Waals surface area (Å²) in [5, 5.41) is 1.03. The molecule has 0 saturated carbocycles. The Morgan fingerprint density at radius 2 is 1.25 bits per heavy atom. The van der Waals surface area contributed by atoms with Crippen LogP contribution >= 0.6 is 0 Å². The van der Waals surface area contributed by atoms with E-state index >= 15 is 0 Å². The molecule has 0 spiro atoms. The van der Waals surface area contributed by atoms with E-state index in [9.17, 15) is 0 Å². The maximum atomic E-state index is 5.51. The average molecular weight is 418 g/mol. The minimum Gasteiger partial charge on any atom is -0.497 e. The Bertz CT molecular complexity index is 1380. The second-order valence-corrected chi connectivity index (χ2v) is 7.42. The molecule has 156 valence electrons. The van der Waals surface area contributed by atoms with Gasteiger partial charge in [0.1, 0.15) is 11.5 Å². The van der Waals surface area contributed by atoms with E-state index < -0.39 is 0 Å². The number of nitrogens with zero attached hydrogens (tertiary/aromatic N) is 2. The summed E-state index contributed by atoms with van der Waals surface area (Å²) in [6.07, 6.45) is 0. The van der Waals surface area contributed by atoms with Crippen molar-refractivity contribution in [3.05, 3.63) is 97.1 Å². The van der Waals surface area contributed by atoms with Gasteiger partial charge in [-0.15, -0.1) is 0 Å². The standard InChI is InChI=1S/C28H22N2O2/c1-31-21-14-12-19(13-15-21)25-18-22(32-2)16-17-23(25)28-29-26-11-7-6-10-24(26)27(30-28)20-8-4-3-5-9-20/h3-18H,1-2H3. The van der Waals surface area contributed by atoms with Crippen molar-refractivity contribution >= 4 is 10.9 Å². The molecule has 5 aromatic rings. The van der Waals surface area contributed by atoms with Gasteiger partial charge in [-0.05, 0) is 47.5 Å². The van der Waals surface area contributed by atoms with Crippen LogP contribution in [0.4, 0.5) is 0 Å². The molecular weight excluding hydrogens is 396 g/mol. The van der Waals surface area contributed by atoms with Crippen LogP contribution in [0.2, 0.25) is 0 Å². The molecule has 0 fully saturated rings. The van der Waals surface area contributed by atoms with Gasteiger partial charge in [0.2, 0.25) is 0 Å². The molecule has 4 aromatic carbocycles. The summed E-state index contributed by atoms with van der Waals surface area (Å²) in [7, 11) is 3.34. The summed E-state index contributed by atoms with van der Waals surface area (Å²) in [4.78, 5) is 9.97. The molecule has 0 saturated heterocycles. The third-order valence-electron chi connectivity index (χ3n) is 5.52. The maximum Gasteiger partial charge on any atom is 0.161 e. The highest BCUT2D eigenvalue weighted by Gasteiger charge is 2.15. The molecule has 0 aliphatic heterocycles. The number of para-hydroxylation sites is 1. The fourth-order valence-electron chi connectivity index (χ4n) is 3.87. The molecule has 0 radical (unpaired) electrons. The second-order valence-electron chi connectivity index (χ2n) is 7.42. The molecule has 0 aliphatic carbocycles. The number of hydrogen-bond acceptors (Lipinski definition) is 4. The molecule has 1 aromatic heterocycles. The van der Waals surface area contributed by atoms with Crippen LogP contribution in [-0.4, -0.2) is 24.2 Å². The molecule has 0 bridgehead atoms. The van der Waals surface area contributed by atoms with Gasteiger partial charge >= 0.3 is 0 Å².